The number of nitrogens with zero attached hydrogens (tertiary/aromatic N) is 5. The summed E-state index contributed by atoms with van der Waals surface area (Å²) in [5.41, 5.74) is 0.183. The van der Waals surface area contributed by atoms with E-state index in [2.05, 4.69) is 20.8 Å². The average Bonchev–Trinajstić information content (AvgIpc) is 3.19. The Balaban J connectivity index is 1.66. The summed E-state index contributed by atoms with van der Waals surface area (Å²) in [4.78, 5) is 12.3. The minimum Gasteiger partial charge on any atom is -0.302 e. The molecule has 0 spiro atoms. The summed E-state index contributed by atoms with van der Waals surface area (Å²) in [6.07, 6.45) is 2.91. The fourth-order valence-electron chi connectivity index (χ4n) is 2.67. The Kier molecular flexibility index (Phi) is 4.44. The molecule has 0 aliphatic heterocycles. The first-order valence-electron chi connectivity index (χ1n) is 7.98. The summed E-state index contributed by atoms with van der Waals surface area (Å²) in [6.45, 7) is 0. The van der Waals surface area contributed by atoms with E-state index in [1.807, 2.05) is 17.5 Å². The van der Waals surface area contributed by atoms with E-state index in [-0.39, 0.29) is 11.3 Å². The predicted molar refractivity (Wildman–Crippen MR) is 97.4 cm³/mol. The van der Waals surface area contributed by atoms with Crippen LogP contribution in [0.4, 0.5) is 5.69 Å². The van der Waals surface area contributed by atoms with Crippen molar-refractivity contribution in [2.45, 2.75) is 35.4 Å². The number of aromatic nitrogens is 3. The topological polar surface area (TPSA) is 97.6 Å². The minimum absolute atomic E-state index is 0.0899. The summed E-state index contributed by atoms with van der Waals surface area (Å²) in [6, 6.07) is 10.8. The maximum atomic E-state index is 10.9. The van der Waals surface area contributed by atoms with Crippen LogP contribution in [0, 0.1) is 21.4 Å². The van der Waals surface area contributed by atoms with Gasteiger partial charge in [-0.3, -0.25) is 10.1 Å². The number of hydrogen-bond donors (Lipinski definition) is 0. The van der Waals surface area contributed by atoms with Gasteiger partial charge in [0.05, 0.1) is 10.5 Å². The summed E-state index contributed by atoms with van der Waals surface area (Å²) in [5, 5.41) is 31.7. The van der Waals surface area contributed by atoms with E-state index in [4.69, 9.17) is 0 Å². The molecular weight excluding hydrogens is 370 g/mol. The molecule has 1 aliphatic rings. The first kappa shape index (κ1) is 16.8. The van der Waals surface area contributed by atoms with Crippen LogP contribution in [0.15, 0.2) is 45.8 Å². The number of hydrogen-bond acceptors (Lipinski definition) is 7. The van der Waals surface area contributed by atoms with Crippen molar-refractivity contribution in [1.82, 2.24) is 14.8 Å². The summed E-state index contributed by atoms with van der Waals surface area (Å²) in [5.74, 6) is 0.915. The lowest BCUT2D eigenvalue weighted by Crippen LogP contribution is -2.03. The van der Waals surface area contributed by atoms with Crippen molar-refractivity contribution in [3.05, 3.63) is 62.1 Å². The quantitative estimate of drug-likeness (QED) is 0.467. The Bertz CT molecular complexity index is 1000. The fourth-order valence-corrected chi connectivity index (χ4v) is 4.36. The highest BCUT2D eigenvalue weighted by molar-refractivity contribution is 7.99. The van der Waals surface area contributed by atoms with Crippen molar-refractivity contribution in [2.24, 2.45) is 0 Å². The van der Waals surface area contributed by atoms with E-state index in [1.54, 1.807) is 17.4 Å². The maximum Gasteiger partial charge on any atom is 0.270 e. The van der Waals surface area contributed by atoms with Gasteiger partial charge in [-0.2, -0.15) is 5.26 Å². The normalized spacial score (nSPS) is 13.5. The van der Waals surface area contributed by atoms with Crippen molar-refractivity contribution >= 4 is 28.8 Å². The van der Waals surface area contributed by atoms with Crippen molar-refractivity contribution in [1.29, 1.82) is 5.26 Å². The third kappa shape index (κ3) is 3.34. The molecule has 9 heteroatoms. The Morgan fingerprint density at radius 2 is 2.23 bits per heavy atom. The van der Waals surface area contributed by atoms with Crippen LogP contribution in [0.2, 0.25) is 0 Å². The van der Waals surface area contributed by atoms with Gasteiger partial charge in [0.15, 0.2) is 5.16 Å². The smallest absolute Gasteiger partial charge is 0.270 e. The van der Waals surface area contributed by atoms with Crippen LogP contribution in [0.5, 0.6) is 0 Å². The molecule has 0 unspecified atom stereocenters. The number of thiophene rings is 1. The lowest BCUT2D eigenvalue weighted by Gasteiger charge is -2.09. The Hall–Kier alpha value is -2.70. The van der Waals surface area contributed by atoms with E-state index in [0.717, 1.165) is 30.2 Å². The number of rotatable bonds is 6. The summed E-state index contributed by atoms with van der Waals surface area (Å²) in [7, 11) is 0. The molecule has 2 heterocycles. The SMILES string of the molecule is N#Cc1cc([N+](=O)[O-])ccc1Sc1nnc(Cc2cccs2)n1C1CC1. The fraction of sp³-hybridized carbons (Fsp3) is 0.235. The predicted octanol–water partition coefficient (Wildman–Crippen LogP) is 4.20. The number of nitro benzene ring substituents is 1. The van der Waals surface area contributed by atoms with Gasteiger partial charge in [-0.1, -0.05) is 6.07 Å². The molecule has 1 aromatic carbocycles. The van der Waals surface area contributed by atoms with Gasteiger partial charge < -0.3 is 4.57 Å². The molecule has 1 fully saturated rings. The zero-order valence-electron chi connectivity index (χ0n) is 13.5. The monoisotopic (exact) mass is 383 g/mol. The molecule has 0 radical (unpaired) electrons. The number of benzene rings is 1. The van der Waals surface area contributed by atoms with E-state index < -0.39 is 4.92 Å². The molecule has 0 N–H and O–H groups in total. The van der Waals surface area contributed by atoms with E-state index in [9.17, 15) is 15.4 Å². The van der Waals surface area contributed by atoms with Gasteiger partial charge in [-0.25, -0.2) is 0 Å². The highest BCUT2D eigenvalue weighted by atomic mass is 32.2. The molecule has 7 nitrogen and oxygen atoms in total. The van der Waals surface area contributed by atoms with Gasteiger partial charge in [0.2, 0.25) is 0 Å². The maximum absolute atomic E-state index is 10.9. The lowest BCUT2D eigenvalue weighted by molar-refractivity contribution is -0.384. The van der Waals surface area contributed by atoms with E-state index in [0.29, 0.717) is 10.9 Å². The average molecular weight is 383 g/mol. The summed E-state index contributed by atoms with van der Waals surface area (Å²) >= 11 is 3.02. The highest BCUT2D eigenvalue weighted by Gasteiger charge is 2.30. The molecule has 1 aliphatic carbocycles. The molecule has 0 bridgehead atoms. The van der Waals surface area contributed by atoms with Crippen LogP contribution in [0.25, 0.3) is 0 Å². The number of nitriles is 1. The Morgan fingerprint density at radius 3 is 2.88 bits per heavy atom. The minimum atomic E-state index is -0.499. The van der Waals surface area contributed by atoms with Crippen LogP contribution in [-0.4, -0.2) is 19.7 Å². The van der Waals surface area contributed by atoms with Gasteiger partial charge in [0.1, 0.15) is 11.9 Å². The second kappa shape index (κ2) is 6.90. The Morgan fingerprint density at radius 1 is 1.38 bits per heavy atom. The molecule has 0 amide bonds. The molecular formula is C17H13N5O2S2. The molecule has 130 valence electrons. The van der Waals surface area contributed by atoms with Crippen molar-refractivity contribution in [3.8, 4) is 6.07 Å². The first-order chi connectivity index (χ1) is 12.7. The second-order valence-electron chi connectivity index (χ2n) is 5.91. The molecule has 0 saturated heterocycles. The standard InChI is InChI=1S/C17H13N5O2S2/c18-10-11-8-13(22(23)24)5-6-15(11)26-17-20-19-16(21(17)12-3-4-12)9-14-2-1-7-25-14/h1-2,5-8,12H,3-4,9H2. The summed E-state index contributed by atoms with van der Waals surface area (Å²) < 4.78 is 2.15. The molecule has 1 saturated carbocycles. The zero-order valence-corrected chi connectivity index (χ0v) is 15.2. The van der Waals surface area contributed by atoms with Crippen LogP contribution in [0.3, 0.4) is 0 Å². The number of non-ortho nitro benzene ring substituents is 1. The largest absolute Gasteiger partial charge is 0.302 e. The van der Waals surface area contributed by atoms with E-state index in [1.165, 1.54) is 28.8 Å². The molecule has 3 aromatic rings. The van der Waals surface area contributed by atoms with Gasteiger partial charge in [-0.05, 0) is 42.1 Å². The third-order valence-corrected chi connectivity index (χ3v) is 5.97. The molecule has 0 atom stereocenters. The van der Waals surface area contributed by atoms with Crippen LogP contribution >= 0.6 is 23.1 Å². The molecule has 2 aromatic heterocycles. The van der Waals surface area contributed by atoms with Gasteiger partial charge in [-0.15, -0.1) is 21.5 Å². The highest BCUT2D eigenvalue weighted by Crippen LogP contribution is 2.41. The van der Waals surface area contributed by atoms with Crippen molar-refractivity contribution < 1.29 is 4.92 Å². The van der Waals surface area contributed by atoms with Gasteiger partial charge in [0, 0.05) is 34.4 Å². The molecule has 4 rings (SSSR count). The Labute approximate surface area is 157 Å². The zero-order chi connectivity index (χ0) is 18.1. The lowest BCUT2D eigenvalue weighted by atomic mass is 10.2. The molecule has 26 heavy (non-hydrogen) atoms. The van der Waals surface area contributed by atoms with Gasteiger partial charge >= 0.3 is 0 Å². The van der Waals surface area contributed by atoms with Crippen molar-refractivity contribution in [3.63, 3.8) is 0 Å². The van der Waals surface area contributed by atoms with Crippen LogP contribution < -0.4 is 0 Å². The van der Waals surface area contributed by atoms with Gasteiger partial charge in [0.25, 0.3) is 5.69 Å². The van der Waals surface area contributed by atoms with Crippen LogP contribution in [-0.2, 0) is 6.42 Å². The second-order valence-corrected chi connectivity index (χ2v) is 7.95. The third-order valence-electron chi connectivity index (χ3n) is 4.06. The van der Waals surface area contributed by atoms with Crippen LogP contribution in [0.1, 0.15) is 35.1 Å². The number of nitro groups is 1. The first-order valence-corrected chi connectivity index (χ1v) is 9.68. The van der Waals surface area contributed by atoms with Crippen molar-refractivity contribution in [2.75, 3.05) is 0 Å². The van der Waals surface area contributed by atoms with E-state index >= 15 is 0 Å².